The lowest BCUT2D eigenvalue weighted by Crippen LogP contribution is -2.37. The Hall–Kier alpha value is -3.26. The summed E-state index contributed by atoms with van der Waals surface area (Å²) in [5.41, 5.74) is 8.12. The smallest absolute Gasteiger partial charge is 0.332 e. The molecule has 0 aromatic heterocycles. The standard InChI is InChI=1S/2C13H24O2.C12H25NO2.2C11H22O2.C10H20O3.C8H18.C6H14/c1-10(9-13(2,3)4)15-12(14)11-7-5-6-8-11;1-13(2,3)9-6-10-15-12(14)11-7-4-5-8-11;1-9(2)10(13)11(14)15-8-6-7-12(3,4)5;1-8(2)10(12)13-9(3)7-11(4,5)6;1-9(2)8-10(12)13-7-6-11(3,4)5;1-5-6-12-7-9(11)13-8-10(2,3)4;1-5-6-7-8(2,3)4;1-5-6(2,3)4/h10-11H,5-9H2,1-4H3;11H,4-10H2,1-3H3;9-10H,6-8,13H2,1-5H3;8-9H,7H2,1-6H3;9H,6-8H2,1-5H3;5-8H2,1-4H3;5-7H2,1-4H3;5H2,1-4H3. The molecular formula is C84H169NO13. The van der Waals surface area contributed by atoms with Gasteiger partial charge in [-0.1, -0.05) is 273 Å². The number of hydrogen-bond acceptors (Lipinski definition) is 14. The molecule has 0 aromatic carbocycles. The summed E-state index contributed by atoms with van der Waals surface area (Å²) in [4.78, 5) is 68.0. The zero-order valence-corrected chi connectivity index (χ0v) is 71.6. The van der Waals surface area contributed by atoms with Gasteiger partial charge >= 0.3 is 35.8 Å². The number of carbonyl (C=O) groups excluding carboxylic acids is 6. The molecule has 2 N–H and O–H groups in total. The first-order valence-electron chi connectivity index (χ1n) is 38.6. The lowest BCUT2D eigenvalue weighted by atomic mass is 9.90. The minimum Gasteiger partial charge on any atom is -0.466 e. The maximum Gasteiger partial charge on any atom is 0.332 e. The number of esters is 6. The molecule has 0 aliphatic heterocycles. The molecule has 14 nitrogen and oxygen atoms in total. The van der Waals surface area contributed by atoms with Crippen LogP contribution in [0.1, 0.15) is 377 Å². The Kier molecular flexibility index (Phi) is 59.7. The Morgan fingerprint density at radius 2 is 0.786 bits per heavy atom. The highest BCUT2D eigenvalue weighted by Gasteiger charge is 2.28. The zero-order valence-electron chi connectivity index (χ0n) is 71.6. The molecule has 0 radical (unpaired) electrons. The van der Waals surface area contributed by atoms with E-state index >= 15 is 0 Å². The Labute approximate surface area is 608 Å². The molecule has 0 amide bonds. The van der Waals surface area contributed by atoms with Crippen LogP contribution in [-0.2, 0) is 61.9 Å². The molecule has 3 atom stereocenters. The second-order valence-electron chi connectivity index (χ2n) is 38.6. The third-order valence-electron chi connectivity index (χ3n) is 15.2. The van der Waals surface area contributed by atoms with Gasteiger partial charge in [-0.05, 0) is 152 Å². The predicted octanol–water partition coefficient (Wildman–Crippen LogP) is 23.1. The van der Waals surface area contributed by atoms with E-state index in [1.54, 1.807) is 0 Å². The monoisotopic (exact) mass is 1400 g/mol. The van der Waals surface area contributed by atoms with Gasteiger partial charge in [-0.15, -0.1) is 0 Å². The molecule has 98 heavy (non-hydrogen) atoms. The minimum absolute atomic E-state index is 0.0231. The number of unbranched alkanes of at least 4 members (excludes halogenated alkanes) is 1. The molecule has 0 heterocycles. The molecule has 2 aliphatic carbocycles. The van der Waals surface area contributed by atoms with Crippen LogP contribution in [0.5, 0.6) is 0 Å². The Morgan fingerprint density at radius 1 is 0.398 bits per heavy atom. The van der Waals surface area contributed by atoms with Gasteiger partial charge in [-0.3, -0.25) is 24.0 Å². The number of nitrogens with two attached hydrogens (primary N) is 1. The van der Waals surface area contributed by atoms with Gasteiger partial charge in [0.15, 0.2) is 0 Å². The van der Waals surface area contributed by atoms with Crippen molar-refractivity contribution < 1.29 is 61.9 Å². The summed E-state index contributed by atoms with van der Waals surface area (Å²) in [7, 11) is 0. The minimum atomic E-state index is -0.486. The van der Waals surface area contributed by atoms with Gasteiger partial charge in [0.1, 0.15) is 12.6 Å². The first-order valence-corrected chi connectivity index (χ1v) is 38.6. The van der Waals surface area contributed by atoms with Gasteiger partial charge in [0.05, 0.1) is 56.4 Å². The van der Waals surface area contributed by atoms with Crippen molar-refractivity contribution >= 4 is 35.8 Å². The topological polar surface area (TPSA) is 193 Å². The first-order chi connectivity index (χ1) is 44.2. The van der Waals surface area contributed by atoms with Crippen LogP contribution in [0.25, 0.3) is 0 Å². The average molecular weight is 1400 g/mol. The molecule has 2 rings (SSSR count). The molecule has 2 fully saturated rings. The van der Waals surface area contributed by atoms with Crippen molar-refractivity contribution in [3.8, 4) is 0 Å². The SMILES string of the molecule is CC(C)(C)CCCOC(=O)C1CCCC1.CC(C)C(N)C(=O)OCCCC(C)(C)C.CC(C)CC(=O)OCCC(C)(C)C.CC(CC(C)(C)C)OC(=O)C(C)C.CC(CC(C)(C)C)OC(=O)C1CCCC1.CCC(C)(C)C.CCCCC(C)(C)C.CCCOCC(=O)OCC(C)(C)C. The lowest BCUT2D eigenvalue weighted by molar-refractivity contribution is -0.154. The Morgan fingerprint density at radius 3 is 1.11 bits per heavy atom. The lowest BCUT2D eigenvalue weighted by Gasteiger charge is -2.24. The van der Waals surface area contributed by atoms with E-state index in [0.29, 0.717) is 67.0 Å². The van der Waals surface area contributed by atoms with Crippen molar-refractivity contribution in [3.63, 3.8) is 0 Å². The molecule has 588 valence electrons. The quantitative estimate of drug-likeness (QED) is 0.0488. The van der Waals surface area contributed by atoms with Crippen LogP contribution in [0.3, 0.4) is 0 Å². The third kappa shape index (κ3) is 87.0. The van der Waals surface area contributed by atoms with Crippen molar-refractivity contribution in [3.05, 3.63) is 0 Å². The molecular weight excluding hydrogens is 1230 g/mol. The van der Waals surface area contributed by atoms with Crippen LogP contribution >= 0.6 is 0 Å². The number of hydrogen-bond donors (Lipinski definition) is 1. The highest BCUT2D eigenvalue weighted by Crippen LogP contribution is 2.30. The molecule has 2 aliphatic rings. The van der Waals surface area contributed by atoms with Gasteiger partial charge in [-0.2, -0.15) is 0 Å². The van der Waals surface area contributed by atoms with Crippen molar-refractivity contribution in [2.24, 2.45) is 78.6 Å². The maximum absolute atomic E-state index is 11.7. The van der Waals surface area contributed by atoms with Gasteiger partial charge in [0.25, 0.3) is 0 Å². The largest absolute Gasteiger partial charge is 0.466 e. The van der Waals surface area contributed by atoms with Gasteiger partial charge in [0.2, 0.25) is 0 Å². The van der Waals surface area contributed by atoms with Crippen molar-refractivity contribution in [1.82, 2.24) is 0 Å². The first kappa shape index (κ1) is 106. The molecule has 2 saturated carbocycles. The van der Waals surface area contributed by atoms with E-state index in [1.165, 1.54) is 51.4 Å². The Bertz CT molecular complexity index is 1940. The van der Waals surface area contributed by atoms with Crippen LogP contribution in [0.4, 0.5) is 0 Å². The maximum atomic E-state index is 11.7. The summed E-state index contributed by atoms with van der Waals surface area (Å²) in [5, 5.41) is 0. The fourth-order valence-corrected chi connectivity index (χ4v) is 9.01. The molecule has 0 bridgehead atoms. The van der Waals surface area contributed by atoms with Gasteiger partial charge in [-0.25, -0.2) is 4.79 Å². The summed E-state index contributed by atoms with van der Waals surface area (Å²) in [6.45, 7) is 77.0. The van der Waals surface area contributed by atoms with Crippen LogP contribution < -0.4 is 5.73 Å². The van der Waals surface area contributed by atoms with E-state index in [2.05, 4.69) is 159 Å². The van der Waals surface area contributed by atoms with Crippen LogP contribution in [0, 0.1) is 72.9 Å². The van der Waals surface area contributed by atoms with Crippen LogP contribution in [-0.4, -0.2) is 93.7 Å². The van der Waals surface area contributed by atoms with Gasteiger partial charge in [0, 0.05) is 13.0 Å². The number of rotatable bonds is 26. The zero-order chi connectivity index (χ0) is 78.1. The van der Waals surface area contributed by atoms with Crippen molar-refractivity contribution in [2.75, 3.05) is 39.6 Å². The normalized spacial score (nSPS) is 14.7. The number of ether oxygens (including phenoxy) is 7. The summed E-state index contributed by atoms with van der Waals surface area (Å²) in [6.07, 6.45) is 22.6. The fraction of sp³-hybridized carbons (Fsp3) is 0.929. The van der Waals surface area contributed by atoms with Crippen molar-refractivity contribution in [2.45, 2.75) is 395 Å². The average Bonchev–Trinajstić information content (AvgIpc) is 1.69. The van der Waals surface area contributed by atoms with E-state index in [4.69, 9.17) is 38.9 Å². The Balaban J connectivity index is -0.000000250. The van der Waals surface area contributed by atoms with E-state index < -0.39 is 6.04 Å². The summed E-state index contributed by atoms with van der Waals surface area (Å²) in [6, 6.07) is -0.486. The highest BCUT2D eigenvalue weighted by molar-refractivity contribution is 5.76. The summed E-state index contributed by atoms with van der Waals surface area (Å²) < 4.78 is 36.2. The molecule has 0 aromatic rings. The molecule has 14 heteroatoms. The van der Waals surface area contributed by atoms with E-state index in [9.17, 15) is 28.8 Å². The van der Waals surface area contributed by atoms with E-state index in [0.717, 1.165) is 77.0 Å². The molecule has 3 unspecified atom stereocenters. The van der Waals surface area contributed by atoms with Crippen LogP contribution in [0.2, 0.25) is 0 Å². The number of carbonyl (C=O) groups is 6. The second-order valence-corrected chi connectivity index (χ2v) is 38.6. The third-order valence-corrected chi connectivity index (χ3v) is 15.2. The van der Waals surface area contributed by atoms with E-state index in [1.807, 2.05) is 83.1 Å². The predicted molar refractivity (Wildman–Crippen MR) is 415 cm³/mol. The second kappa shape index (κ2) is 55.3. The molecule has 0 spiro atoms. The summed E-state index contributed by atoms with van der Waals surface area (Å²) in [5.74, 6) is 0.251. The van der Waals surface area contributed by atoms with Gasteiger partial charge < -0.3 is 38.9 Å². The van der Waals surface area contributed by atoms with Crippen LogP contribution in [0.15, 0.2) is 0 Å². The van der Waals surface area contributed by atoms with Crippen molar-refractivity contribution in [1.29, 1.82) is 0 Å². The fourth-order valence-electron chi connectivity index (χ4n) is 9.01. The molecule has 0 saturated heterocycles. The van der Waals surface area contributed by atoms with E-state index in [-0.39, 0.29) is 100.0 Å². The highest BCUT2D eigenvalue weighted by atomic mass is 16.6. The summed E-state index contributed by atoms with van der Waals surface area (Å²) >= 11 is 0.